The minimum absolute atomic E-state index is 0.00205. The zero-order chi connectivity index (χ0) is 47.2. The molecule has 0 unspecified atom stereocenters. The van der Waals surface area contributed by atoms with Crippen LogP contribution in [-0.4, -0.2) is 6.71 Å². The Balaban J connectivity index is 1.21. The fourth-order valence-corrected chi connectivity index (χ4v) is 14.2. The van der Waals surface area contributed by atoms with Crippen LogP contribution in [0.4, 0.5) is 33.4 Å². The lowest BCUT2D eigenvalue weighted by Gasteiger charge is -2.45. The summed E-state index contributed by atoms with van der Waals surface area (Å²) in [6.07, 6.45) is 0. The average Bonchev–Trinajstić information content (AvgIpc) is 4.04. The Labute approximate surface area is 414 Å². The van der Waals surface area contributed by atoms with Gasteiger partial charge in [-0.05, 0) is 150 Å². The monoisotopic (exact) mass is 936 g/mol. The van der Waals surface area contributed by atoms with Crippen molar-refractivity contribution in [1.29, 1.82) is 0 Å². The summed E-state index contributed by atoms with van der Waals surface area (Å²) >= 11 is 5.63. The number of nitrogens with zero attached hydrogens (tertiary/aromatic N) is 2. The maximum atomic E-state index is 2.70. The van der Waals surface area contributed by atoms with E-state index in [1.807, 2.05) is 34.0 Å². The maximum absolute atomic E-state index is 2.70. The first-order valence-corrected chi connectivity index (χ1v) is 26.7. The molecule has 0 radical (unpaired) electrons. The predicted molar refractivity (Wildman–Crippen MR) is 303 cm³/mol. The largest absolute Gasteiger partial charge is 0.311 e. The topological polar surface area (TPSA) is 6.48 Å². The highest BCUT2D eigenvalue weighted by Crippen LogP contribution is 2.52. The molecule has 6 heteroatoms. The standard InChI is InChI=1S/C62H57BN2S3/c1-36-27-41(61(6,7)8)28-37(2)58(36)65-52-33-42(62(9,10)11)32-51-57(52)63(56-46-31-40(60(3,4)5)24-26-55(46)68-59(56)65)49-25-23-39(48-35-67-54-22-15-13-20-45(48)54)30-50(49)64(51)43-18-16-17-38(29-43)47-34-66-53-21-14-12-19-44(47)53/h12-35H,1-11H3. The SMILES string of the molecule is Cc1cc(C(C)(C)C)cc(C)c1N1c2cc(C(C)(C)C)cc3c2B(c2ccc(-c4csc5ccccc45)cc2N3c2cccc(-c3csc4ccccc34)c2)c2c1sc1ccc(C(C)(C)C)cc21. The predicted octanol–water partition coefficient (Wildman–Crippen LogP) is 17.3. The molecule has 0 spiro atoms. The molecule has 0 N–H and O–H groups in total. The van der Waals surface area contributed by atoms with Crippen LogP contribution in [0, 0.1) is 13.8 Å². The van der Waals surface area contributed by atoms with E-state index in [1.54, 1.807) is 0 Å². The van der Waals surface area contributed by atoms with Crippen molar-refractivity contribution in [3.63, 3.8) is 0 Å². The Morgan fingerprint density at radius 3 is 1.63 bits per heavy atom. The van der Waals surface area contributed by atoms with E-state index >= 15 is 0 Å². The van der Waals surface area contributed by atoms with E-state index in [0.29, 0.717) is 0 Å². The van der Waals surface area contributed by atoms with Crippen LogP contribution in [-0.2, 0) is 16.2 Å². The third-order valence-electron chi connectivity index (χ3n) is 14.7. The molecule has 0 saturated heterocycles. The summed E-state index contributed by atoms with van der Waals surface area (Å²) in [6.45, 7) is 25.9. The van der Waals surface area contributed by atoms with E-state index < -0.39 is 0 Å². The van der Waals surface area contributed by atoms with Crippen LogP contribution in [0.25, 0.3) is 52.5 Å². The summed E-state index contributed by atoms with van der Waals surface area (Å²) in [4.78, 5) is 5.33. The van der Waals surface area contributed by atoms with Gasteiger partial charge in [0.15, 0.2) is 0 Å². The van der Waals surface area contributed by atoms with Gasteiger partial charge in [0, 0.05) is 58.7 Å². The zero-order valence-electron chi connectivity index (χ0n) is 41.1. The molecule has 2 aliphatic rings. The van der Waals surface area contributed by atoms with Crippen LogP contribution in [0.2, 0.25) is 0 Å². The molecule has 0 saturated carbocycles. The van der Waals surface area contributed by atoms with Crippen molar-refractivity contribution in [1.82, 2.24) is 0 Å². The summed E-state index contributed by atoms with van der Waals surface area (Å²) < 4.78 is 3.96. The highest BCUT2D eigenvalue weighted by molar-refractivity contribution is 7.26. The fraction of sp³-hybridized carbons (Fsp3) is 0.226. The Bertz CT molecular complexity index is 3670. The molecule has 0 fully saturated rings. The number of rotatable bonds is 4. The fourth-order valence-electron chi connectivity index (χ4n) is 11.0. The summed E-state index contributed by atoms with van der Waals surface area (Å²) in [7, 11) is 0. The lowest BCUT2D eigenvalue weighted by atomic mass is 9.33. The summed E-state index contributed by atoms with van der Waals surface area (Å²) in [5, 5.41) is 10.0. The number of fused-ring (bicyclic) bond motifs is 8. The number of benzene rings is 7. The van der Waals surface area contributed by atoms with Crippen LogP contribution < -0.4 is 26.2 Å². The van der Waals surface area contributed by atoms with Crippen molar-refractivity contribution in [2.75, 3.05) is 9.80 Å². The molecular weight excluding hydrogens is 880 g/mol. The van der Waals surface area contributed by atoms with E-state index in [-0.39, 0.29) is 23.0 Å². The van der Waals surface area contributed by atoms with Gasteiger partial charge in [0.2, 0.25) is 0 Å². The van der Waals surface area contributed by atoms with Crippen LogP contribution in [0.5, 0.6) is 0 Å². The smallest absolute Gasteiger partial charge is 0.254 e. The first-order valence-electron chi connectivity index (χ1n) is 24.1. The third kappa shape index (κ3) is 6.77. The lowest BCUT2D eigenvalue weighted by Crippen LogP contribution is -2.61. The minimum Gasteiger partial charge on any atom is -0.311 e. The van der Waals surface area contributed by atoms with E-state index in [9.17, 15) is 0 Å². The van der Waals surface area contributed by atoms with E-state index in [2.05, 4.69) is 230 Å². The van der Waals surface area contributed by atoms with Gasteiger partial charge < -0.3 is 9.80 Å². The second-order valence-electron chi connectivity index (χ2n) is 22.4. The van der Waals surface area contributed by atoms with Gasteiger partial charge in [-0.25, -0.2) is 0 Å². The Morgan fingerprint density at radius 2 is 1.01 bits per heavy atom. The molecule has 0 amide bonds. The van der Waals surface area contributed by atoms with E-state index in [1.165, 1.54) is 130 Å². The molecule has 336 valence electrons. The van der Waals surface area contributed by atoms with Crippen LogP contribution in [0.3, 0.4) is 0 Å². The van der Waals surface area contributed by atoms with E-state index in [4.69, 9.17) is 0 Å². The van der Waals surface area contributed by atoms with Gasteiger partial charge in [-0.15, -0.1) is 34.0 Å². The molecule has 10 aromatic rings. The van der Waals surface area contributed by atoms with Crippen molar-refractivity contribution in [2.24, 2.45) is 0 Å². The number of anilines is 6. The van der Waals surface area contributed by atoms with Crippen molar-refractivity contribution in [2.45, 2.75) is 92.4 Å². The summed E-state index contributed by atoms with van der Waals surface area (Å²) in [6, 6.07) is 51.8. The zero-order valence-corrected chi connectivity index (χ0v) is 43.5. The maximum Gasteiger partial charge on any atom is 0.254 e. The second-order valence-corrected chi connectivity index (χ2v) is 25.2. The molecular formula is C62H57BN2S3. The average molecular weight is 937 g/mol. The highest BCUT2D eigenvalue weighted by atomic mass is 32.1. The first kappa shape index (κ1) is 43.4. The second kappa shape index (κ2) is 15.3. The normalized spacial score (nSPS) is 13.7. The number of thiophene rings is 3. The molecule has 2 nitrogen and oxygen atoms in total. The summed E-state index contributed by atoms with van der Waals surface area (Å²) in [5.74, 6) is 0. The van der Waals surface area contributed by atoms with Gasteiger partial charge in [0.25, 0.3) is 6.71 Å². The van der Waals surface area contributed by atoms with Gasteiger partial charge >= 0.3 is 0 Å². The van der Waals surface area contributed by atoms with Gasteiger partial charge in [0.05, 0.1) is 10.7 Å². The Morgan fingerprint density at radius 1 is 0.441 bits per heavy atom. The van der Waals surface area contributed by atoms with Crippen LogP contribution in [0.1, 0.15) is 90.1 Å². The molecule has 0 bridgehead atoms. The molecule has 12 rings (SSSR count). The minimum atomic E-state index is -0.129. The van der Waals surface area contributed by atoms with Crippen molar-refractivity contribution >= 4 is 121 Å². The van der Waals surface area contributed by atoms with Crippen molar-refractivity contribution in [3.8, 4) is 22.3 Å². The molecule has 68 heavy (non-hydrogen) atoms. The molecule has 0 atom stereocenters. The van der Waals surface area contributed by atoms with Crippen molar-refractivity contribution in [3.05, 3.63) is 172 Å². The van der Waals surface area contributed by atoms with Crippen LogP contribution >= 0.6 is 34.0 Å². The molecule has 0 aliphatic carbocycles. The molecule has 7 aromatic carbocycles. The molecule has 5 heterocycles. The van der Waals surface area contributed by atoms with Gasteiger partial charge in [-0.1, -0.05) is 147 Å². The van der Waals surface area contributed by atoms with Crippen LogP contribution in [0.15, 0.2) is 144 Å². The van der Waals surface area contributed by atoms with Gasteiger partial charge in [-0.2, -0.15) is 0 Å². The van der Waals surface area contributed by atoms with Crippen molar-refractivity contribution < 1.29 is 0 Å². The highest BCUT2D eigenvalue weighted by Gasteiger charge is 2.47. The molecule has 2 aliphatic heterocycles. The third-order valence-corrected chi connectivity index (χ3v) is 17.8. The number of hydrogen-bond donors (Lipinski definition) is 0. The quantitative estimate of drug-likeness (QED) is 0.162. The van der Waals surface area contributed by atoms with Gasteiger partial charge in [0.1, 0.15) is 0 Å². The first-order chi connectivity index (χ1) is 32.4. The number of hydrogen-bond acceptors (Lipinski definition) is 5. The number of aryl methyl sites for hydroxylation is 2. The van der Waals surface area contributed by atoms with E-state index in [0.717, 1.165) is 0 Å². The van der Waals surface area contributed by atoms with Gasteiger partial charge in [-0.3, -0.25) is 0 Å². The summed E-state index contributed by atoms with van der Waals surface area (Å²) in [5.41, 5.74) is 22.0. The Hall–Kier alpha value is -5.92. The Kier molecular flexibility index (Phi) is 9.75. The lowest BCUT2D eigenvalue weighted by molar-refractivity contribution is 0.589. The molecule has 3 aromatic heterocycles.